The molecule has 14 heteroatoms. The van der Waals surface area contributed by atoms with Crippen molar-refractivity contribution in [2.75, 3.05) is 13.7 Å². The van der Waals surface area contributed by atoms with Gasteiger partial charge in [-0.3, -0.25) is 23.9 Å². The topological polar surface area (TPSA) is 162 Å². The number of thiophene rings is 1. The van der Waals surface area contributed by atoms with Crippen LogP contribution in [0.1, 0.15) is 59.3 Å². The molecule has 5 rings (SSSR count). The van der Waals surface area contributed by atoms with Gasteiger partial charge >= 0.3 is 12.0 Å². The molecule has 248 valence electrons. The first-order valence-corrected chi connectivity index (χ1v) is 17.7. The third-order valence-electron chi connectivity index (χ3n) is 9.10. The summed E-state index contributed by atoms with van der Waals surface area (Å²) in [5.74, 6) is -3.29. The molecule has 0 spiro atoms. The minimum absolute atomic E-state index is 0.0235. The Hall–Kier alpha value is -3.65. The Morgan fingerprint density at radius 2 is 1.98 bits per heavy atom. The maximum Gasteiger partial charge on any atom is 0.317 e. The van der Waals surface area contributed by atoms with Crippen molar-refractivity contribution in [1.29, 1.82) is 0 Å². The van der Waals surface area contributed by atoms with Crippen LogP contribution in [-0.4, -0.2) is 77.9 Å². The third-order valence-corrected chi connectivity index (χ3v) is 11.8. The van der Waals surface area contributed by atoms with E-state index < -0.39 is 73.7 Å². The van der Waals surface area contributed by atoms with Gasteiger partial charge in [-0.05, 0) is 48.1 Å². The molecule has 2 amide bonds. The van der Waals surface area contributed by atoms with E-state index in [1.165, 1.54) is 23.3 Å². The summed E-state index contributed by atoms with van der Waals surface area (Å²) >= 11 is 1.51. The molecule has 1 N–H and O–H groups in total. The highest BCUT2D eigenvalue weighted by atomic mass is 32.2. The van der Waals surface area contributed by atoms with Crippen LogP contribution in [-0.2, 0) is 33.9 Å². The van der Waals surface area contributed by atoms with Crippen molar-refractivity contribution in [1.82, 2.24) is 19.6 Å². The van der Waals surface area contributed by atoms with Gasteiger partial charge < -0.3 is 14.4 Å². The zero-order chi connectivity index (χ0) is 33.4. The van der Waals surface area contributed by atoms with Gasteiger partial charge in [-0.2, -0.15) is 4.98 Å². The van der Waals surface area contributed by atoms with Crippen LogP contribution in [0.5, 0.6) is 6.01 Å². The summed E-state index contributed by atoms with van der Waals surface area (Å²) in [6.07, 6.45) is 3.35. The van der Waals surface area contributed by atoms with Crippen molar-refractivity contribution in [3.63, 3.8) is 0 Å². The summed E-state index contributed by atoms with van der Waals surface area (Å²) in [4.78, 5) is 65.1. The minimum atomic E-state index is -3.83. The van der Waals surface area contributed by atoms with Crippen molar-refractivity contribution in [2.24, 2.45) is 22.7 Å². The van der Waals surface area contributed by atoms with Gasteiger partial charge in [0.25, 0.3) is 0 Å². The van der Waals surface area contributed by atoms with E-state index in [2.05, 4.69) is 21.3 Å². The number of hydrogen-bond acceptors (Lipinski definition) is 11. The number of aromatic nitrogens is 2. The fourth-order valence-corrected chi connectivity index (χ4v) is 8.14. The van der Waals surface area contributed by atoms with E-state index in [-0.39, 0.29) is 38.2 Å². The van der Waals surface area contributed by atoms with Crippen molar-refractivity contribution in [3.8, 4) is 16.6 Å². The van der Waals surface area contributed by atoms with Crippen molar-refractivity contribution in [2.45, 2.75) is 76.7 Å². The number of Topliss-reactive ketones (excluding diaryl/α,β-unsaturated/α-hetero) is 1. The number of carbonyl (C=O) groups excluding carboxylic acids is 4. The molecule has 12 nitrogen and oxygen atoms in total. The average Bonchev–Trinajstić information content (AvgIpc) is 3.87. The Kier molecular flexibility index (Phi) is 9.42. The molecule has 2 aromatic rings. The molecule has 3 heterocycles. The Morgan fingerprint density at radius 1 is 1.24 bits per heavy atom. The first-order chi connectivity index (χ1) is 21.7. The van der Waals surface area contributed by atoms with Gasteiger partial charge in [-0.15, -0.1) is 17.9 Å². The Balaban J connectivity index is 1.41. The average molecular weight is 673 g/mol. The zero-order valence-electron chi connectivity index (χ0n) is 26.4. The molecule has 5 atom stereocenters. The highest BCUT2D eigenvalue weighted by Crippen LogP contribution is 2.57. The van der Waals surface area contributed by atoms with Gasteiger partial charge in [-0.25, -0.2) is 13.4 Å². The number of rotatable bonds is 13. The molecular formula is C32H40N4O8S2. The van der Waals surface area contributed by atoms with Crippen LogP contribution >= 0.6 is 11.3 Å². The zero-order valence-corrected chi connectivity index (χ0v) is 28.1. The number of amides is 2. The summed E-state index contributed by atoms with van der Waals surface area (Å²) in [6.45, 7) is 9.31. The molecule has 1 aliphatic heterocycles. The molecule has 0 radical (unpaired) electrons. The molecule has 0 aromatic carbocycles. The summed E-state index contributed by atoms with van der Waals surface area (Å²) in [5, 5.41) is 1.33. The summed E-state index contributed by atoms with van der Waals surface area (Å²) in [6, 6.07) is 4.69. The van der Waals surface area contributed by atoms with E-state index in [4.69, 9.17) is 9.47 Å². The van der Waals surface area contributed by atoms with Crippen LogP contribution < -0.4 is 9.46 Å². The van der Waals surface area contributed by atoms with E-state index >= 15 is 0 Å². The van der Waals surface area contributed by atoms with Crippen LogP contribution in [0.25, 0.3) is 10.6 Å². The lowest BCUT2D eigenvalue weighted by Crippen LogP contribution is -2.48. The highest BCUT2D eigenvalue weighted by Gasteiger charge is 2.61. The summed E-state index contributed by atoms with van der Waals surface area (Å²) < 4.78 is 38.4. The number of likely N-dealkylation sites (tertiary alicyclic amines) is 1. The number of allylic oxidation sites excluding steroid dienone is 1. The molecular weight excluding hydrogens is 633 g/mol. The second-order valence-electron chi connectivity index (χ2n) is 13.4. The fraction of sp³-hybridized carbons (Fsp3) is 0.562. The number of ether oxygens (including phenoxy) is 2. The molecule has 2 aliphatic carbocycles. The van der Waals surface area contributed by atoms with Crippen LogP contribution in [0.4, 0.5) is 0 Å². The number of nitrogens with one attached hydrogen (secondary N) is 1. The van der Waals surface area contributed by atoms with Crippen LogP contribution in [0.3, 0.4) is 0 Å². The van der Waals surface area contributed by atoms with Gasteiger partial charge in [0.05, 0.1) is 53.3 Å². The lowest BCUT2D eigenvalue weighted by Gasteiger charge is -2.34. The molecule has 0 bridgehead atoms. The molecule has 1 saturated heterocycles. The monoisotopic (exact) mass is 672 g/mol. The molecule has 2 saturated carbocycles. The SMILES string of the molecule is C=CC1C[C@]1(CC(=O)[C@@H]1C[C@@H](Oc2nccc(-c3cccs3)n2)CN1C(=O)[C@@H](CC(=O)OC)C(C)(C)C)C(=O)NS(=O)(=O)C1CC1. The van der Waals surface area contributed by atoms with Crippen molar-refractivity contribution < 1.29 is 37.1 Å². The Bertz CT molecular complexity index is 1620. The van der Waals surface area contributed by atoms with E-state index in [1.807, 2.05) is 38.3 Å². The lowest BCUT2D eigenvalue weighted by atomic mass is 9.77. The van der Waals surface area contributed by atoms with Crippen LogP contribution in [0, 0.1) is 22.7 Å². The predicted octanol–water partition coefficient (Wildman–Crippen LogP) is 3.54. The number of nitrogens with zero attached hydrogens (tertiary/aromatic N) is 3. The fourth-order valence-electron chi connectivity index (χ4n) is 6.06. The van der Waals surface area contributed by atoms with Gasteiger partial charge in [0.15, 0.2) is 5.78 Å². The lowest BCUT2D eigenvalue weighted by molar-refractivity contribution is -0.151. The minimum Gasteiger partial charge on any atom is -0.469 e. The summed E-state index contributed by atoms with van der Waals surface area (Å²) in [5.41, 5.74) is -1.26. The Morgan fingerprint density at radius 3 is 2.57 bits per heavy atom. The standard InChI is InChI=1S/C32H40N4O8S2/c1-6-19-16-32(19,29(40)35-46(41,42)21-9-10-21)17-25(37)24-14-20(44-30-33-12-11-23(34-30)26-8-7-13-45-26)18-36(24)28(39)22(31(2,3)4)15-27(38)43-5/h6-8,11-13,19-22,24H,1,9-10,14-18H2,2-5H3,(H,35,40)/t19?,20-,22-,24+,32-/m1/s1. The number of carbonyl (C=O) groups is 4. The predicted molar refractivity (Wildman–Crippen MR) is 170 cm³/mol. The van der Waals surface area contributed by atoms with E-state index in [1.54, 1.807) is 18.3 Å². The van der Waals surface area contributed by atoms with Gasteiger partial charge in [-0.1, -0.05) is 32.9 Å². The van der Waals surface area contributed by atoms with Crippen molar-refractivity contribution >= 4 is 44.9 Å². The number of methoxy groups -OCH3 is 1. The van der Waals surface area contributed by atoms with Gasteiger partial charge in [0.2, 0.25) is 21.8 Å². The molecule has 3 aliphatic rings. The maximum absolute atomic E-state index is 14.2. The maximum atomic E-state index is 14.2. The number of ketones is 1. The second-order valence-corrected chi connectivity index (χ2v) is 16.3. The van der Waals surface area contributed by atoms with Crippen LogP contribution in [0.15, 0.2) is 42.4 Å². The second kappa shape index (κ2) is 12.9. The van der Waals surface area contributed by atoms with Gasteiger partial charge in [0.1, 0.15) is 6.10 Å². The number of sulfonamides is 1. The van der Waals surface area contributed by atoms with E-state index in [0.29, 0.717) is 18.5 Å². The normalized spacial score (nSPS) is 25.0. The van der Waals surface area contributed by atoms with E-state index in [9.17, 15) is 27.6 Å². The van der Waals surface area contributed by atoms with E-state index in [0.717, 1.165) is 4.88 Å². The third kappa shape index (κ3) is 7.17. The quantitative estimate of drug-likeness (QED) is 0.246. The summed E-state index contributed by atoms with van der Waals surface area (Å²) in [7, 11) is -2.58. The van der Waals surface area contributed by atoms with Crippen molar-refractivity contribution in [3.05, 3.63) is 42.4 Å². The molecule has 1 unspecified atom stereocenters. The molecule has 46 heavy (non-hydrogen) atoms. The smallest absolute Gasteiger partial charge is 0.317 e. The highest BCUT2D eigenvalue weighted by molar-refractivity contribution is 7.90. The Labute approximate surface area is 273 Å². The first kappa shape index (κ1) is 33.7. The largest absolute Gasteiger partial charge is 0.469 e. The number of hydrogen-bond donors (Lipinski definition) is 1. The van der Waals surface area contributed by atoms with Crippen LogP contribution in [0.2, 0.25) is 0 Å². The number of esters is 1. The van der Waals surface area contributed by atoms with Gasteiger partial charge in [0, 0.05) is 19.0 Å². The first-order valence-electron chi connectivity index (χ1n) is 15.3. The molecule has 2 aromatic heterocycles. The molecule has 3 fully saturated rings.